The predicted molar refractivity (Wildman–Crippen MR) is 84.8 cm³/mol. The number of hydrogen-bond donors (Lipinski definition) is 0. The van der Waals surface area contributed by atoms with Crippen LogP contribution in [0.2, 0.25) is 10.0 Å². The SMILES string of the molecule is COCC1CCN(S(=O)(=O)c2ccc(Cl)c(CCl)c2Cl)C1. The Morgan fingerprint density at radius 1 is 1.38 bits per heavy atom. The predicted octanol–water partition coefficient (Wildman–Crippen LogP) is 3.39. The number of rotatable bonds is 5. The third-order valence-electron chi connectivity index (χ3n) is 3.55. The average molecular weight is 373 g/mol. The Bertz CT molecular complexity index is 621. The van der Waals surface area contributed by atoms with Gasteiger partial charge in [-0.05, 0) is 24.5 Å². The zero-order valence-electron chi connectivity index (χ0n) is 11.5. The molecule has 0 saturated carbocycles. The second-order valence-corrected chi connectivity index (χ2v) is 7.90. The lowest BCUT2D eigenvalue weighted by atomic mass is 10.1. The summed E-state index contributed by atoms with van der Waals surface area (Å²) < 4.78 is 31.9. The summed E-state index contributed by atoms with van der Waals surface area (Å²) in [6.07, 6.45) is 0.778. The van der Waals surface area contributed by atoms with Gasteiger partial charge < -0.3 is 4.74 Å². The van der Waals surface area contributed by atoms with E-state index in [2.05, 4.69) is 0 Å². The van der Waals surface area contributed by atoms with Crippen molar-refractivity contribution >= 4 is 44.8 Å². The summed E-state index contributed by atoms with van der Waals surface area (Å²) in [7, 11) is -2.03. The first-order valence-corrected chi connectivity index (χ1v) is 9.16. The second kappa shape index (κ2) is 7.02. The number of nitrogens with zero attached hydrogens (tertiary/aromatic N) is 1. The zero-order valence-corrected chi connectivity index (χ0v) is 14.6. The number of sulfonamides is 1. The summed E-state index contributed by atoms with van der Waals surface area (Å²) in [6, 6.07) is 2.94. The van der Waals surface area contributed by atoms with Crippen molar-refractivity contribution in [2.75, 3.05) is 26.8 Å². The van der Waals surface area contributed by atoms with Crippen molar-refractivity contribution in [3.8, 4) is 0 Å². The lowest BCUT2D eigenvalue weighted by molar-refractivity contribution is 0.157. The lowest BCUT2D eigenvalue weighted by Crippen LogP contribution is -2.29. The van der Waals surface area contributed by atoms with Crippen LogP contribution in [0.15, 0.2) is 17.0 Å². The van der Waals surface area contributed by atoms with Crippen molar-refractivity contribution in [3.05, 3.63) is 27.7 Å². The molecule has 0 aliphatic carbocycles. The molecule has 0 aromatic heterocycles. The van der Waals surface area contributed by atoms with E-state index in [0.29, 0.717) is 30.3 Å². The summed E-state index contributed by atoms with van der Waals surface area (Å²) in [6.45, 7) is 1.45. The van der Waals surface area contributed by atoms with Crippen molar-refractivity contribution < 1.29 is 13.2 Å². The quantitative estimate of drug-likeness (QED) is 0.744. The van der Waals surface area contributed by atoms with E-state index in [0.717, 1.165) is 6.42 Å². The van der Waals surface area contributed by atoms with Crippen LogP contribution in [0, 0.1) is 5.92 Å². The van der Waals surface area contributed by atoms with Crippen LogP contribution >= 0.6 is 34.8 Å². The van der Waals surface area contributed by atoms with Gasteiger partial charge in [0.1, 0.15) is 4.90 Å². The molecule has 0 bridgehead atoms. The monoisotopic (exact) mass is 371 g/mol. The van der Waals surface area contributed by atoms with Crippen molar-refractivity contribution in [2.24, 2.45) is 5.92 Å². The van der Waals surface area contributed by atoms with Gasteiger partial charge in [-0.3, -0.25) is 0 Å². The highest BCUT2D eigenvalue weighted by atomic mass is 35.5. The first-order valence-electron chi connectivity index (χ1n) is 6.43. The molecule has 1 atom stereocenters. The molecule has 8 heteroatoms. The first kappa shape index (κ1) is 17.3. The largest absolute Gasteiger partial charge is 0.384 e. The van der Waals surface area contributed by atoms with Crippen molar-refractivity contribution in [2.45, 2.75) is 17.2 Å². The van der Waals surface area contributed by atoms with Gasteiger partial charge in [-0.15, -0.1) is 11.6 Å². The molecule has 21 heavy (non-hydrogen) atoms. The molecule has 1 aromatic rings. The summed E-state index contributed by atoms with van der Waals surface area (Å²) >= 11 is 17.9. The number of ether oxygens (including phenoxy) is 1. The molecule has 1 aliphatic heterocycles. The molecular formula is C13H16Cl3NO3S. The van der Waals surface area contributed by atoms with Crippen molar-refractivity contribution in [1.82, 2.24) is 4.31 Å². The highest BCUT2D eigenvalue weighted by Crippen LogP contribution is 2.35. The number of alkyl halides is 1. The minimum atomic E-state index is -3.64. The van der Waals surface area contributed by atoms with Gasteiger partial charge in [0.2, 0.25) is 10.0 Å². The van der Waals surface area contributed by atoms with Crippen LogP contribution in [-0.2, 0) is 20.6 Å². The first-order chi connectivity index (χ1) is 9.91. The number of methoxy groups -OCH3 is 1. The molecule has 118 valence electrons. The van der Waals surface area contributed by atoms with Crippen LogP contribution in [0.4, 0.5) is 0 Å². The van der Waals surface area contributed by atoms with Crippen LogP contribution in [0.5, 0.6) is 0 Å². The van der Waals surface area contributed by atoms with Gasteiger partial charge in [-0.1, -0.05) is 23.2 Å². The van der Waals surface area contributed by atoms with Gasteiger partial charge in [0.05, 0.1) is 17.5 Å². The fraction of sp³-hybridized carbons (Fsp3) is 0.538. The van der Waals surface area contributed by atoms with Gasteiger partial charge in [-0.25, -0.2) is 8.42 Å². The van der Waals surface area contributed by atoms with Crippen LogP contribution in [-0.4, -0.2) is 39.5 Å². The molecule has 1 aromatic carbocycles. The molecule has 4 nitrogen and oxygen atoms in total. The topological polar surface area (TPSA) is 46.6 Å². The van der Waals surface area contributed by atoms with E-state index in [1.165, 1.54) is 16.4 Å². The van der Waals surface area contributed by atoms with Gasteiger partial charge in [0, 0.05) is 30.8 Å². The van der Waals surface area contributed by atoms with Crippen LogP contribution in [0.1, 0.15) is 12.0 Å². The number of benzene rings is 1. The smallest absolute Gasteiger partial charge is 0.244 e. The number of halogens is 3. The van der Waals surface area contributed by atoms with Crippen molar-refractivity contribution in [3.63, 3.8) is 0 Å². The van der Waals surface area contributed by atoms with Crippen LogP contribution in [0.25, 0.3) is 0 Å². The van der Waals surface area contributed by atoms with E-state index in [9.17, 15) is 8.42 Å². The molecule has 2 rings (SSSR count). The summed E-state index contributed by atoms with van der Waals surface area (Å²) in [5.41, 5.74) is 0.439. The average Bonchev–Trinajstić information content (AvgIpc) is 2.89. The normalized spacial score (nSPS) is 20.1. The lowest BCUT2D eigenvalue weighted by Gasteiger charge is -2.18. The molecule has 0 N–H and O–H groups in total. The maximum absolute atomic E-state index is 12.7. The summed E-state index contributed by atoms with van der Waals surface area (Å²) in [5.74, 6) is 0.274. The van der Waals surface area contributed by atoms with Crippen LogP contribution < -0.4 is 0 Å². The minimum Gasteiger partial charge on any atom is -0.384 e. The third-order valence-corrected chi connectivity index (χ3v) is 6.63. The Hall–Kier alpha value is -0.0400. The zero-order chi connectivity index (χ0) is 15.6. The highest BCUT2D eigenvalue weighted by Gasteiger charge is 2.34. The molecule has 1 aliphatic rings. The van der Waals surface area contributed by atoms with Gasteiger partial charge in [-0.2, -0.15) is 4.31 Å². The Morgan fingerprint density at radius 2 is 2.10 bits per heavy atom. The Kier molecular flexibility index (Phi) is 5.79. The fourth-order valence-corrected chi connectivity index (χ4v) is 5.26. The molecule has 0 amide bonds. The van der Waals surface area contributed by atoms with Gasteiger partial charge in [0.25, 0.3) is 0 Å². The molecule has 0 radical (unpaired) electrons. The van der Waals surface area contributed by atoms with E-state index in [1.54, 1.807) is 7.11 Å². The molecular weight excluding hydrogens is 357 g/mol. The molecule has 1 saturated heterocycles. The number of hydrogen-bond acceptors (Lipinski definition) is 3. The Morgan fingerprint density at radius 3 is 2.71 bits per heavy atom. The highest BCUT2D eigenvalue weighted by molar-refractivity contribution is 7.89. The van der Waals surface area contributed by atoms with Crippen LogP contribution in [0.3, 0.4) is 0 Å². The fourth-order valence-electron chi connectivity index (χ4n) is 2.42. The molecule has 0 spiro atoms. The summed E-state index contributed by atoms with van der Waals surface area (Å²) in [4.78, 5) is 0.0577. The molecule has 1 unspecified atom stereocenters. The van der Waals surface area contributed by atoms with E-state index >= 15 is 0 Å². The molecule has 1 heterocycles. The summed E-state index contributed by atoms with van der Waals surface area (Å²) in [5, 5.41) is 0.473. The standard InChI is InChI=1S/C13H16Cl3NO3S/c1-20-8-9-4-5-17(7-9)21(18,19)12-3-2-11(15)10(6-14)13(12)16/h2-3,9H,4-8H2,1H3. The van der Waals surface area contributed by atoms with E-state index in [-0.39, 0.29) is 21.7 Å². The Balaban J connectivity index is 2.33. The molecule has 1 fully saturated rings. The van der Waals surface area contributed by atoms with Gasteiger partial charge in [0.15, 0.2) is 0 Å². The Labute approximate surface area is 140 Å². The second-order valence-electron chi connectivity index (χ2n) is 4.94. The van der Waals surface area contributed by atoms with Gasteiger partial charge >= 0.3 is 0 Å². The maximum Gasteiger partial charge on any atom is 0.244 e. The third kappa shape index (κ3) is 3.49. The van der Waals surface area contributed by atoms with E-state index < -0.39 is 10.0 Å². The van der Waals surface area contributed by atoms with E-state index in [4.69, 9.17) is 39.5 Å². The maximum atomic E-state index is 12.7. The van der Waals surface area contributed by atoms with E-state index in [1.807, 2.05) is 0 Å². The minimum absolute atomic E-state index is 0.0577. The van der Waals surface area contributed by atoms with Crippen molar-refractivity contribution in [1.29, 1.82) is 0 Å².